The highest BCUT2D eigenvalue weighted by molar-refractivity contribution is 5.59. The first-order chi connectivity index (χ1) is 7.86. The van der Waals surface area contributed by atoms with E-state index in [1.165, 1.54) is 6.92 Å². The fourth-order valence-electron chi connectivity index (χ4n) is 1.05. The van der Waals surface area contributed by atoms with Crippen molar-refractivity contribution in [2.75, 3.05) is 6.61 Å². The predicted molar refractivity (Wildman–Crippen MR) is 50.1 cm³/mol. The summed E-state index contributed by atoms with van der Waals surface area (Å²) in [6.45, 7) is 0.875. The van der Waals surface area contributed by atoms with Crippen LogP contribution in [0.15, 0.2) is 0 Å². The van der Waals surface area contributed by atoms with Crippen LogP contribution in [-0.2, 0) is 14.2 Å². The van der Waals surface area contributed by atoms with Gasteiger partial charge in [-0.2, -0.15) is 0 Å². The molecule has 0 amide bonds. The van der Waals surface area contributed by atoms with Crippen LogP contribution in [0.25, 0.3) is 0 Å². The fourth-order valence-corrected chi connectivity index (χ4v) is 1.05. The van der Waals surface area contributed by atoms with Crippen LogP contribution < -0.4 is 0 Å². The summed E-state index contributed by atoms with van der Waals surface area (Å²) in [6, 6.07) is 0. The first-order valence-electron chi connectivity index (χ1n) is 4.51. The van der Waals surface area contributed by atoms with Crippen LogP contribution in [0.2, 0.25) is 0 Å². The molecule has 0 aromatic rings. The van der Waals surface area contributed by atoms with E-state index in [1.807, 2.05) is 0 Å². The van der Waals surface area contributed by atoms with Gasteiger partial charge in [0, 0.05) is 0 Å². The third kappa shape index (κ3) is 6.82. The highest BCUT2D eigenvalue weighted by atomic mass is 16.7. The van der Waals surface area contributed by atoms with Crippen molar-refractivity contribution in [1.82, 2.24) is 0 Å². The van der Waals surface area contributed by atoms with Crippen molar-refractivity contribution in [3.8, 4) is 0 Å². The number of hydrogen-bond acceptors (Lipinski definition) is 6. The number of carbonyl (C=O) groups is 3. The normalized spacial score (nSPS) is 13.2. The minimum absolute atomic E-state index is 0.104. The van der Waals surface area contributed by atoms with Gasteiger partial charge in [0.25, 0.3) is 0 Å². The Labute approximate surface area is 95.5 Å². The molecule has 0 saturated heterocycles. The van der Waals surface area contributed by atoms with Crippen molar-refractivity contribution < 1.29 is 43.9 Å². The zero-order chi connectivity index (χ0) is 13.4. The Kier molecular flexibility index (Phi) is 6.22. The van der Waals surface area contributed by atoms with E-state index in [9.17, 15) is 14.4 Å². The third-order valence-corrected chi connectivity index (χ3v) is 1.69. The summed E-state index contributed by atoms with van der Waals surface area (Å²) in [7, 11) is 0. The highest BCUT2D eigenvalue weighted by Gasteiger charge is 2.28. The molecule has 0 bridgehead atoms. The van der Waals surface area contributed by atoms with E-state index in [0.29, 0.717) is 0 Å². The van der Waals surface area contributed by atoms with Crippen LogP contribution in [0.4, 0.5) is 14.4 Å². The Balaban J connectivity index is 4.54. The molecule has 9 nitrogen and oxygen atoms in total. The van der Waals surface area contributed by atoms with Gasteiger partial charge in [-0.1, -0.05) is 6.92 Å². The largest absolute Gasteiger partial charge is 0.506 e. The molecule has 0 saturated carbocycles. The van der Waals surface area contributed by atoms with E-state index in [4.69, 9.17) is 15.3 Å². The highest BCUT2D eigenvalue weighted by Crippen LogP contribution is 2.10. The standard InChI is InChI=1S/C8H12O9/c1-2-4(16-7(11)12)5(17-8(13)14)3-15-6(9)10/h4-5H,2-3H2,1H3,(H,9,10)(H,11,12)(H,13,14). The molecule has 0 aromatic heterocycles. The number of ether oxygens (including phenoxy) is 3. The van der Waals surface area contributed by atoms with Gasteiger partial charge in [-0.15, -0.1) is 0 Å². The predicted octanol–water partition coefficient (Wildman–Crippen LogP) is 1.22. The molecular formula is C8H12O9. The van der Waals surface area contributed by atoms with Crippen molar-refractivity contribution in [2.45, 2.75) is 25.6 Å². The number of carboxylic acid groups (broad SMARTS) is 3. The molecule has 0 aromatic carbocycles. The molecule has 0 aliphatic rings. The molecule has 2 atom stereocenters. The Bertz CT molecular complexity index is 287. The van der Waals surface area contributed by atoms with Crippen LogP contribution in [0, 0.1) is 0 Å². The van der Waals surface area contributed by atoms with Gasteiger partial charge in [0.15, 0.2) is 6.10 Å². The lowest BCUT2D eigenvalue weighted by Gasteiger charge is -2.22. The summed E-state index contributed by atoms with van der Waals surface area (Å²) in [5.41, 5.74) is 0. The molecule has 0 spiro atoms. The second-order valence-corrected chi connectivity index (χ2v) is 2.83. The van der Waals surface area contributed by atoms with Crippen molar-refractivity contribution in [3.05, 3.63) is 0 Å². The topological polar surface area (TPSA) is 140 Å². The molecule has 9 heteroatoms. The molecule has 3 N–H and O–H groups in total. The Hall–Kier alpha value is -2.19. The molecule has 98 valence electrons. The molecular weight excluding hydrogens is 240 g/mol. The summed E-state index contributed by atoms with van der Waals surface area (Å²) in [6.07, 6.45) is -7.31. The average Bonchev–Trinajstić information content (AvgIpc) is 2.20. The van der Waals surface area contributed by atoms with Crippen LogP contribution in [0.3, 0.4) is 0 Å². The first kappa shape index (κ1) is 14.8. The van der Waals surface area contributed by atoms with Crippen LogP contribution in [0.1, 0.15) is 13.3 Å². The van der Waals surface area contributed by atoms with E-state index in [0.717, 1.165) is 0 Å². The lowest BCUT2D eigenvalue weighted by atomic mass is 10.1. The molecule has 0 aliphatic carbocycles. The summed E-state index contributed by atoms with van der Waals surface area (Å²) in [5, 5.41) is 25.0. The third-order valence-electron chi connectivity index (χ3n) is 1.69. The Morgan fingerprint density at radius 3 is 1.76 bits per heavy atom. The van der Waals surface area contributed by atoms with Gasteiger partial charge in [0.2, 0.25) is 0 Å². The van der Waals surface area contributed by atoms with E-state index < -0.39 is 37.3 Å². The van der Waals surface area contributed by atoms with Crippen LogP contribution in [-0.4, -0.2) is 52.6 Å². The summed E-state index contributed by atoms with van der Waals surface area (Å²) in [5.74, 6) is 0. The quantitative estimate of drug-likeness (QED) is 0.469. The monoisotopic (exact) mass is 252 g/mol. The minimum Gasteiger partial charge on any atom is -0.450 e. The maximum atomic E-state index is 10.3. The molecule has 0 rings (SSSR count). The van der Waals surface area contributed by atoms with Gasteiger partial charge in [0.05, 0.1) is 0 Å². The first-order valence-corrected chi connectivity index (χ1v) is 4.51. The van der Waals surface area contributed by atoms with Gasteiger partial charge < -0.3 is 29.5 Å². The van der Waals surface area contributed by atoms with E-state index in [1.54, 1.807) is 0 Å². The van der Waals surface area contributed by atoms with Gasteiger partial charge in [0.1, 0.15) is 12.7 Å². The van der Waals surface area contributed by atoms with Crippen molar-refractivity contribution >= 4 is 18.5 Å². The van der Waals surface area contributed by atoms with Crippen LogP contribution in [0.5, 0.6) is 0 Å². The summed E-state index contributed by atoms with van der Waals surface area (Å²) >= 11 is 0. The lowest BCUT2D eigenvalue weighted by molar-refractivity contribution is -0.0662. The van der Waals surface area contributed by atoms with E-state index >= 15 is 0 Å². The van der Waals surface area contributed by atoms with Crippen LogP contribution >= 0.6 is 0 Å². The lowest BCUT2D eigenvalue weighted by Crippen LogP contribution is -2.38. The number of rotatable bonds is 6. The second-order valence-electron chi connectivity index (χ2n) is 2.83. The maximum absolute atomic E-state index is 10.3. The van der Waals surface area contributed by atoms with Gasteiger partial charge in [-0.3, -0.25) is 0 Å². The Morgan fingerprint density at radius 2 is 1.41 bits per heavy atom. The van der Waals surface area contributed by atoms with Crippen molar-refractivity contribution in [1.29, 1.82) is 0 Å². The maximum Gasteiger partial charge on any atom is 0.506 e. The zero-order valence-corrected chi connectivity index (χ0v) is 8.86. The molecule has 0 radical (unpaired) electrons. The number of hydrogen-bond donors (Lipinski definition) is 3. The molecule has 0 fully saturated rings. The van der Waals surface area contributed by atoms with Crippen molar-refractivity contribution in [2.24, 2.45) is 0 Å². The molecule has 0 aliphatic heterocycles. The second kappa shape index (κ2) is 7.14. The van der Waals surface area contributed by atoms with E-state index in [-0.39, 0.29) is 6.42 Å². The molecule has 0 heterocycles. The fraction of sp³-hybridized carbons (Fsp3) is 0.625. The summed E-state index contributed by atoms with van der Waals surface area (Å²) < 4.78 is 12.8. The van der Waals surface area contributed by atoms with E-state index in [2.05, 4.69) is 14.2 Å². The average molecular weight is 252 g/mol. The van der Waals surface area contributed by atoms with Crippen molar-refractivity contribution in [3.63, 3.8) is 0 Å². The molecule has 17 heavy (non-hydrogen) atoms. The Morgan fingerprint density at radius 1 is 0.941 bits per heavy atom. The molecule has 2 unspecified atom stereocenters. The smallest absolute Gasteiger partial charge is 0.450 e. The SMILES string of the molecule is CCC(OC(=O)O)C(COC(=O)O)OC(=O)O. The van der Waals surface area contributed by atoms with Gasteiger partial charge in [-0.25, -0.2) is 14.4 Å². The van der Waals surface area contributed by atoms with Gasteiger partial charge in [-0.05, 0) is 6.42 Å². The van der Waals surface area contributed by atoms with Gasteiger partial charge >= 0.3 is 18.5 Å². The zero-order valence-electron chi connectivity index (χ0n) is 8.86. The minimum atomic E-state index is -1.68. The summed E-state index contributed by atoms with van der Waals surface area (Å²) in [4.78, 5) is 30.8.